The van der Waals surface area contributed by atoms with Crippen LogP contribution in [0, 0.1) is 0 Å². The van der Waals surface area contributed by atoms with Gasteiger partial charge in [-0.1, -0.05) is 72.8 Å². The molecule has 0 aromatic heterocycles. The molecule has 3 aromatic rings. The van der Waals surface area contributed by atoms with E-state index in [4.69, 9.17) is 9.47 Å². The molecule has 0 spiro atoms. The molecule has 1 fully saturated rings. The zero-order valence-corrected chi connectivity index (χ0v) is 20.7. The van der Waals surface area contributed by atoms with Gasteiger partial charge >= 0.3 is 6.09 Å². The van der Waals surface area contributed by atoms with Gasteiger partial charge in [-0.3, -0.25) is 9.69 Å². The summed E-state index contributed by atoms with van der Waals surface area (Å²) in [5.41, 5.74) is 1.87. The summed E-state index contributed by atoms with van der Waals surface area (Å²) in [6.45, 7) is 2.14. The first-order valence-electron chi connectivity index (χ1n) is 12.3. The third-order valence-electron chi connectivity index (χ3n) is 6.48. The van der Waals surface area contributed by atoms with Crippen molar-refractivity contribution in [1.29, 1.82) is 0 Å². The Morgan fingerprint density at radius 1 is 0.943 bits per heavy atom. The normalized spacial score (nSPS) is 18.6. The molecule has 0 N–H and O–H groups in total. The van der Waals surface area contributed by atoms with Gasteiger partial charge in [0, 0.05) is 20.5 Å². The number of ether oxygens (including phenoxy) is 2. The zero-order chi connectivity index (χ0) is 24.8. The molecule has 35 heavy (non-hydrogen) atoms. The minimum absolute atomic E-state index is 0.00829. The van der Waals surface area contributed by atoms with Crippen molar-refractivity contribution in [2.75, 3.05) is 14.1 Å². The highest BCUT2D eigenvalue weighted by molar-refractivity contribution is 5.87. The van der Waals surface area contributed by atoms with E-state index in [0.29, 0.717) is 12.8 Å². The molecule has 0 unspecified atom stereocenters. The van der Waals surface area contributed by atoms with Crippen molar-refractivity contribution in [2.24, 2.45) is 0 Å². The summed E-state index contributed by atoms with van der Waals surface area (Å²) in [7, 11) is 3.43. The highest BCUT2D eigenvalue weighted by Gasteiger charge is 2.39. The molecule has 1 aliphatic heterocycles. The molecule has 3 aromatic carbocycles. The Morgan fingerprint density at radius 3 is 2.37 bits per heavy atom. The lowest BCUT2D eigenvalue weighted by molar-refractivity contribution is -0.151. The summed E-state index contributed by atoms with van der Waals surface area (Å²) in [5, 5.41) is 2.23. The summed E-state index contributed by atoms with van der Waals surface area (Å²) in [5.74, 6) is -0.156. The monoisotopic (exact) mass is 474 g/mol. The molecule has 0 aliphatic carbocycles. The average Bonchev–Trinajstić information content (AvgIpc) is 2.87. The van der Waals surface area contributed by atoms with Crippen LogP contribution in [0.15, 0.2) is 72.8 Å². The molecule has 0 saturated carbocycles. The number of rotatable bonds is 7. The number of nitrogens with zero attached hydrogens (tertiary/aromatic N) is 2. The number of carbonyl (C=O) groups excluding carboxylic acids is 2. The Bertz CT molecular complexity index is 1150. The topological polar surface area (TPSA) is 59.1 Å². The van der Waals surface area contributed by atoms with E-state index in [1.54, 1.807) is 14.1 Å². The maximum absolute atomic E-state index is 13.5. The third kappa shape index (κ3) is 6.20. The molecule has 1 aliphatic rings. The van der Waals surface area contributed by atoms with Crippen LogP contribution in [0.2, 0.25) is 0 Å². The van der Waals surface area contributed by atoms with Crippen molar-refractivity contribution in [3.63, 3.8) is 0 Å². The second-order valence-electron chi connectivity index (χ2n) is 9.41. The second kappa shape index (κ2) is 11.4. The van der Waals surface area contributed by atoms with Crippen LogP contribution in [0.4, 0.5) is 4.79 Å². The van der Waals surface area contributed by atoms with Gasteiger partial charge in [0.15, 0.2) is 0 Å². The molecule has 6 nitrogen and oxygen atoms in total. The average molecular weight is 475 g/mol. The predicted octanol–water partition coefficient (Wildman–Crippen LogP) is 5.39. The molecule has 2 amide bonds. The smallest absolute Gasteiger partial charge is 0.412 e. The molecule has 0 bridgehead atoms. The number of carbonyl (C=O) groups is 2. The van der Waals surface area contributed by atoms with E-state index >= 15 is 0 Å². The zero-order valence-electron chi connectivity index (χ0n) is 20.7. The van der Waals surface area contributed by atoms with Crippen LogP contribution in [0.1, 0.15) is 37.3 Å². The van der Waals surface area contributed by atoms with Crippen LogP contribution < -0.4 is 0 Å². The van der Waals surface area contributed by atoms with Crippen LogP contribution >= 0.6 is 0 Å². The fraction of sp³-hybridized carbons (Fsp3) is 0.379. The lowest BCUT2D eigenvalue weighted by Crippen LogP contribution is -2.56. The van der Waals surface area contributed by atoms with Gasteiger partial charge in [0.05, 0.1) is 6.10 Å². The maximum Gasteiger partial charge on any atom is 0.412 e. The Balaban J connectivity index is 1.65. The molecule has 0 radical (unpaired) electrons. The molecule has 4 rings (SSSR count). The van der Waals surface area contributed by atoms with Crippen LogP contribution in [-0.2, 0) is 27.3 Å². The van der Waals surface area contributed by atoms with Gasteiger partial charge in [-0.2, -0.15) is 0 Å². The van der Waals surface area contributed by atoms with Crippen molar-refractivity contribution < 1.29 is 19.1 Å². The van der Waals surface area contributed by atoms with Crippen LogP contribution in [0.3, 0.4) is 0 Å². The summed E-state index contributed by atoms with van der Waals surface area (Å²) >= 11 is 0. The highest BCUT2D eigenvalue weighted by Crippen LogP contribution is 2.27. The van der Waals surface area contributed by atoms with Crippen molar-refractivity contribution in [3.05, 3.63) is 83.9 Å². The Morgan fingerprint density at radius 2 is 1.66 bits per heavy atom. The van der Waals surface area contributed by atoms with Gasteiger partial charge in [0.1, 0.15) is 18.9 Å². The first-order chi connectivity index (χ1) is 16.9. The minimum Gasteiger partial charge on any atom is -0.444 e. The van der Waals surface area contributed by atoms with Gasteiger partial charge < -0.3 is 14.4 Å². The maximum atomic E-state index is 13.5. The van der Waals surface area contributed by atoms with Crippen LogP contribution in [-0.4, -0.2) is 54.3 Å². The largest absolute Gasteiger partial charge is 0.444 e. The predicted molar refractivity (Wildman–Crippen MR) is 137 cm³/mol. The number of hydrogen-bond donors (Lipinski definition) is 0. The summed E-state index contributed by atoms with van der Waals surface area (Å²) in [6, 6.07) is 23.1. The lowest BCUT2D eigenvalue weighted by atomic mass is 9.99. The summed E-state index contributed by atoms with van der Waals surface area (Å²) < 4.78 is 11.9. The van der Waals surface area contributed by atoms with Crippen LogP contribution in [0.25, 0.3) is 10.8 Å². The van der Waals surface area contributed by atoms with Gasteiger partial charge in [-0.05, 0) is 48.1 Å². The molecule has 1 saturated heterocycles. The van der Waals surface area contributed by atoms with Gasteiger partial charge in [-0.25, -0.2) is 4.79 Å². The minimum atomic E-state index is -0.746. The first kappa shape index (κ1) is 24.7. The van der Waals surface area contributed by atoms with E-state index in [9.17, 15) is 9.59 Å². The Labute approximate surface area is 207 Å². The summed E-state index contributed by atoms with van der Waals surface area (Å²) in [6.07, 6.45) is 1.85. The highest BCUT2D eigenvalue weighted by atomic mass is 16.6. The quantitative estimate of drug-likeness (QED) is 0.461. The number of likely N-dealkylation sites (N-methyl/N-ethyl adjacent to an activating group) is 1. The third-order valence-corrected chi connectivity index (χ3v) is 6.48. The Hall–Kier alpha value is -3.38. The van der Waals surface area contributed by atoms with E-state index in [-0.39, 0.29) is 18.6 Å². The second-order valence-corrected chi connectivity index (χ2v) is 9.41. The van der Waals surface area contributed by atoms with E-state index < -0.39 is 18.4 Å². The fourth-order valence-electron chi connectivity index (χ4n) is 4.62. The standard InChI is InChI=1S/C29H34N2O4/c1-21-10-9-15-27(35-21)31(29(33)34-20-22-11-5-4-6-12-22)26(28(32)30(2)3)19-23-16-17-24-13-7-8-14-25(24)18-23/h4-8,11-14,16-18,21,26-27H,9-10,15,19-20H2,1-3H3/t21-,26-,27-/m1/s1. The molecular formula is C29H34N2O4. The van der Waals surface area contributed by atoms with Crippen molar-refractivity contribution in [3.8, 4) is 0 Å². The van der Waals surface area contributed by atoms with E-state index in [0.717, 1.165) is 34.7 Å². The molecule has 1 heterocycles. The number of benzene rings is 3. The van der Waals surface area contributed by atoms with Crippen LogP contribution in [0.5, 0.6) is 0 Å². The van der Waals surface area contributed by atoms with Gasteiger partial charge in [0.2, 0.25) is 5.91 Å². The van der Waals surface area contributed by atoms with E-state index in [1.807, 2.05) is 55.5 Å². The number of amides is 2. The Kier molecular flexibility index (Phi) is 8.03. The first-order valence-corrected chi connectivity index (χ1v) is 12.3. The van der Waals surface area contributed by atoms with E-state index in [2.05, 4.69) is 24.3 Å². The van der Waals surface area contributed by atoms with E-state index in [1.165, 1.54) is 9.80 Å². The number of hydrogen-bond acceptors (Lipinski definition) is 4. The molecular weight excluding hydrogens is 440 g/mol. The van der Waals surface area contributed by atoms with Gasteiger partial charge in [0.25, 0.3) is 0 Å². The SMILES string of the molecule is C[C@@H]1CCC[C@H](N(C(=O)OCc2ccccc2)[C@H](Cc2ccc3ccccc3c2)C(=O)N(C)C)O1. The lowest BCUT2D eigenvalue weighted by Gasteiger charge is -2.40. The van der Waals surface area contributed by atoms with Crippen molar-refractivity contribution in [2.45, 2.75) is 57.6 Å². The van der Waals surface area contributed by atoms with Gasteiger partial charge in [-0.15, -0.1) is 0 Å². The molecule has 3 atom stereocenters. The van der Waals surface area contributed by atoms with Crippen molar-refractivity contribution >= 4 is 22.8 Å². The fourth-order valence-corrected chi connectivity index (χ4v) is 4.62. The summed E-state index contributed by atoms with van der Waals surface area (Å²) in [4.78, 5) is 30.1. The molecule has 6 heteroatoms. The van der Waals surface area contributed by atoms with Crippen molar-refractivity contribution in [1.82, 2.24) is 9.80 Å². The number of fused-ring (bicyclic) bond motifs is 1. The molecule has 184 valence electrons.